The smallest absolute Gasteiger partial charge is 0.280 e. The van der Waals surface area contributed by atoms with Gasteiger partial charge < -0.3 is 4.98 Å². The van der Waals surface area contributed by atoms with Crippen LogP contribution in [0.3, 0.4) is 0 Å². The number of aromatic nitrogens is 3. The number of imidazole rings is 1. The number of nitrogens with one attached hydrogen (secondary N) is 1. The quantitative estimate of drug-likeness (QED) is 0.829. The fourth-order valence-corrected chi connectivity index (χ4v) is 2.16. The molecule has 3 heterocycles. The van der Waals surface area contributed by atoms with Crippen molar-refractivity contribution in [1.29, 1.82) is 0 Å². The van der Waals surface area contributed by atoms with E-state index in [0.29, 0.717) is 24.9 Å². The van der Waals surface area contributed by atoms with Crippen LogP contribution in [0, 0.1) is 0 Å². The number of nitrogens with zero attached hydrogens (tertiary/aromatic N) is 3. The minimum atomic E-state index is -0.306. The van der Waals surface area contributed by atoms with E-state index in [1.54, 1.807) is 24.5 Å². The third kappa shape index (κ3) is 2.01. The van der Waals surface area contributed by atoms with E-state index in [1.165, 1.54) is 11.1 Å². The number of carbonyl (C=O) groups is 2. The summed E-state index contributed by atoms with van der Waals surface area (Å²) in [5.41, 5.74) is 0.649. The zero-order chi connectivity index (χ0) is 13.2. The molecule has 2 aromatic rings. The van der Waals surface area contributed by atoms with Gasteiger partial charge in [0.15, 0.2) is 0 Å². The van der Waals surface area contributed by atoms with E-state index in [-0.39, 0.29) is 17.5 Å². The van der Waals surface area contributed by atoms with E-state index < -0.39 is 0 Å². The summed E-state index contributed by atoms with van der Waals surface area (Å²) in [4.78, 5) is 36.4. The Morgan fingerprint density at radius 3 is 2.79 bits per heavy atom. The Hall–Kier alpha value is -2.50. The van der Waals surface area contributed by atoms with Crippen LogP contribution in [0.15, 0.2) is 30.7 Å². The summed E-state index contributed by atoms with van der Waals surface area (Å²) < 4.78 is 0. The van der Waals surface area contributed by atoms with Crippen molar-refractivity contribution >= 4 is 11.8 Å². The van der Waals surface area contributed by atoms with Crippen molar-refractivity contribution in [2.24, 2.45) is 0 Å². The summed E-state index contributed by atoms with van der Waals surface area (Å²) in [5.74, 6) is 0.294. The van der Waals surface area contributed by atoms with Gasteiger partial charge in [-0.25, -0.2) is 4.98 Å². The van der Waals surface area contributed by atoms with Gasteiger partial charge in [-0.2, -0.15) is 0 Å². The number of hydrogen-bond acceptors (Lipinski definition) is 4. The Morgan fingerprint density at radius 1 is 1.16 bits per heavy atom. The fraction of sp³-hybridized carbons (Fsp3) is 0.231. The molecule has 96 valence electrons. The number of hydrogen-bond donors (Lipinski definition) is 1. The molecule has 0 radical (unpaired) electrons. The Bertz CT molecular complexity index is 586. The van der Waals surface area contributed by atoms with Crippen LogP contribution in [0.5, 0.6) is 0 Å². The normalized spacial score (nSPS) is 14.0. The van der Waals surface area contributed by atoms with Crippen molar-refractivity contribution < 1.29 is 9.59 Å². The van der Waals surface area contributed by atoms with Gasteiger partial charge >= 0.3 is 0 Å². The molecular weight excluding hydrogens is 244 g/mol. The molecule has 0 spiro atoms. The topological polar surface area (TPSA) is 79.0 Å². The second kappa shape index (κ2) is 4.64. The van der Waals surface area contributed by atoms with Gasteiger partial charge in [0, 0.05) is 31.6 Å². The third-order valence-electron chi connectivity index (χ3n) is 3.08. The van der Waals surface area contributed by atoms with E-state index >= 15 is 0 Å². The van der Waals surface area contributed by atoms with E-state index in [9.17, 15) is 9.59 Å². The highest BCUT2D eigenvalue weighted by atomic mass is 16.2. The van der Waals surface area contributed by atoms with Gasteiger partial charge in [-0.1, -0.05) is 0 Å². The summed E-state index contributed by atoms with van der Waals surface area (Å²) in [7, 11) is 0. The minimum absolute atomic E-state index is 0.255. The second-order valence-corrected chi connectivity index (χ2v) is 4.30. The van der Waals surface area contributed by atoms with E-state index in [1.807, 2.05) is 0 Å². The molecule has 1 N–H and O–H groups in total. The standard InChI is InChI=1S/C13H12N4O2/c18-12-9-3-1-5-16-11(9)13(19)17(12)8-2-4-10-14-6-7-15-10/h1,3,5-7H,2,4,8H2,(H,14,15). The maximum Gasteiger partial charge on any atom is 0.280 e. The molecule has 1 aliphatic heterocycles. The molecule has 0 aliphatic carbocycles. The van der Waals surface area contributed by atoms with Gasteiger partial charge in [0.2, 0.25) is 0 Å². The van der Waals surface area contributed by atoms with Crippen molar-refractivity contribution in [2.75, 3.05) is 6.54 Å². The maximum atomic E-state index is 12.0. The number of fused-ring (bicyclic) bond motifs is 1. The zero-order valence-corrected chi connectivity index (χ0v) is 10.2. The van der Waals surface area contributed by atoms with Gasteiger partial charge in [0.05, 0.1) is 5.56 Å². The minimum Gasteiger partial charge on any atom is -0.349 e. The summed E-state index contributed by atoms with van der Waals surface area (Å²) in [6.45, 7) is 0.384. The van der Waals surface area contributed by atoms with Gasteiger partial charge in [0.1, 0.15) is 11.5 Å². The molecule has 0 saturated heterocycles. The number of carbonyl (C=O) groups excluding carboxylic acids is 2. The molecule has 0 saturated carbocycles. The number of aromatic amines is 1. The predicted molar refractivity (Wildman–Crippen MR) is 66.5 cm³/mol. The second-order valence-electron chi connectivity index (χ2n) is 4.30. The van der Waals surface area contributed by atoms with Crippen molar-refractivity contribution in [3.8, 4) is 0 Å². The first-order valence-corrected chi connectivity index (χ1v) is 6.07. The molecule has 2 amide bonds. The molecule has 1 aliphatic rings. The summed E-state index contributed by atoms with van der Waals surface area (Å²) in [6, 6.07) is 3.30. The van der Waals surface area contributed by atoms with E-state index in [2.05, 4.69) is 15.0 Å². The Balaban J connectivity index is 1.67. The highest BCUT2D eigenvalue weighted by Gasteiger charge is 2.35. The molecule has 0 unspecified atom stereocenters. The Kier molecular flexibility index (Phi) is 2.83. The SMILES string of the molecule is O=C1c2cccnc2C(=O)N1CCCc1ncc[nH]1. The number of pyridine rings is 1. The van der Waals surface area contributed by atoms with Crippen molar-refractivity contribution in [3.05, 3.63) is 47.8 Å². The lowest BCUT2D eigenvalue weighted by atomic mass is 10.2. The van der Waals surface area contributed by atoms with Crippen LogP contribution < -0.4 is 0 Å². The van der Waals surface area contributed by atoms with Gasteiger partial charge in [-0.05, 0) is 18.6 Å². The highest BCUT2D eigenvalue weighted by Crippen LogP contribution is 2.20. The molecule has 0 atom stereocenters. The Labute approximate surface area is 109 Å². The molecule has 6 heteroatoms. The van der Waals surface area contributed by atoms with Crippen LogP contribution >= 0.6 is 0 Å². The lowest BCUT2D eigenvalue weighted by Gasteiger charge is -2.12. The molecule has 19 heavy (non-hydrogen) atoms. The number of aryl methyl sites for hydroxylation is 1. The van der Waals surface area contributed by atoms with Crippen molar-refractivity contribution in [2.45, 2.75) is 12.8 Å². The van der Waals surface area contributed by atoms with Crippen LogP contribution in [0.2, 0.25) is 0 Å². The summed E-state index contributed by atoms with van der Waals surface area (Å²) in [6.07, 6.45) is 6.34. The molecule has 0 fully saturated rings. The highest BCUT2D eigenvalue weighted by molar-refractivity contribution is 6.20. The number of rotatable bonds is 4. The zero-order valence-electron chi connectivity index (χ0n) is 10.2. The number of H-pyrrole nitrogens is 1. The largest absolute Gasteiger partial charge is 0.349 e. The first kappa shape index (κ1) is 11.6. The van der Waals surface area contributed by atoms with Gasteiger partial charge in [-0.3, -0.25) is 19.5 Å². The lowest BCUT2D eigenvalue weighted by Crippen LogP contribution is -2.31. The molecule has 6 nitrogen and oxygen atoms in total. The number of amides is 2. The van der Waals surface area contributed by atoms with E-state index in [0.717, 1.165) is 5.82 Å². The lowest BCUT2D eigenvalue weighted by molar-refractivity contribution is 0.0650. The molecular formula is C13H12N4O2. The van der Waals surface area contributed by atoms with Crippen molar-refractivity contribution in [1.82, 2.24) is 19.9 Å². The summed E-state index contributed by atoms with van der Waals surface area (Å²) >= 11 is 0. The van der Waals surface area contributed by atoms with Gasteiger partial charge in [0.25, 0.3) is 11.8 Å². The average Bonchev–Trinajstić information content (AvgIpc) is 3.02. The van der Waals surface area contributed by atoms with Crippen LogP contribution in [-0.2, 0) is 6.42 Å². The predicted octanol–water partition coefficient (Wildman–Crippen LogP) is 1.03. The van der Waals surface area contributed by atoms with E-state index in [4.69, 9.17) is 0 Å². The van der Waals surface area contributed by atoms with Crippen molar-refractivity contribution in [3.63, 3.8) is 0 Å². The number of imide groups is 1. The van der Waals surface area contributed by atoms with Crippen LogP contribution in [0.1, 0.15) is 33.1 Å². The molecule has 0 bridgehead atoms. The first-order valence-electron chi connectivity index (χ1n) is 6.07. The van der Waals surface area contributed by atoms with Gasteiger partial charge in [-0.15, -0.1) is 0 Å². The third-order valence-corrected chi connectivity index (χ3v) is 3.08. The summed E-state index contributed by atoms with van der Waals surface area (Å²) in [5, 5.41) is 0. The van der Waals surface area contributed by atoms with Crippen LogP contribution in [0.25, 0.3) is 0 Å². The first-order chi connectivity index (χ1) is 9.27. The maximum absolute atomic E-state index is 12.0. The fourth-order valence-electron chi connectivity index (χ4n) is 2.16. The Morgan fingerprint density at radius 2 is 2.05 bits per heavy atom. The molecule has 0 aromatic carbocycles. The average molecular weight is 256 g/mol. The molecule has 2 aromatic heterocycles. The van der Waals surface area contributed by atoms with Crippen LogP contribution in [-0.4, -0.2) is 38.2 Å². The monoisotopic (exact) mass is 256 g/mol. The molecule has 3 rings (SSSR count). The van der Waals surface area contributed by atoms with Crippen LogP contribution in [0.4, 0.5) is 0 Å².